The van der Waals surface area contributed by atoms with Crippen molar-refractivity contribution in [1.82, 2.24) is 4.98 Å². The molecule has 6 heteroatoms. The minimum absolute atomic E-state index is 0.0105. The van der Waals surface area contributed by atoms with E-state index >= 15 is 0 Å². The third-order valence-corrected chi connectivity index (χ3v) is 6.04. The first-order valence-electron chi connectivity index (χ1n) is 9.14. The standard InChI is InChI=1S/C21H23N3O2S/c1-13(2)14-7-9-16(10-8-14)22-20(25)15-11-24(12-15)21-23-19-17(26-3)5-4-6-18(19)27-21/h4-10,13,15H,11-12H2,1-3H3,(H,22,25). The lowest BCUT2D eigenvalue weighted by molar-refractivity contribution is -0.120. The van der Waals surface area contributed by atoms with Crippen LogP contribution >= 0.6 is 11.3 Å². The van der Waals surface area contributed by atoms with Crippen LogP contribution in [0.1, 0.15) is 25.3 Å². The second-order valence-corrected chi connectivity index (χ2v) is 8.18. The molecule has 2 heterocycles. The van der Waals surface area contributed by atoms with Gasteiger partial charge < -0.3 is 15.0 Å². The Hall–Kier alpha value is -2.60. The maximum atomic E-state index is 12.5. The van der Waals surface area contributed by atoms with Crippen LogP contribution in [0.15, 0.2) is 42.5 Å². The fraction of sp³-hybridized carbons (Fsp3) is 0.333. The van der Waals surface area contributed by atoms with Gasteiger partial charge in [0.25, 0.3) is 0 Å². The number of benzene rings is 2. The van der Waals surface area contributed by atoms with Crippen LogP contribution < -0.4 is 15.0 Å². The molecular weight excluding hydrogens is 358 g/mol. The first-order valence-corrected chi connectivity index (χ1v) is 9.96. The molecule has 0 aliphatic carbocycles. The Morgan fingerprint density at radius 1 is 1.22 bits per heavy atom. The van der Waals surface area contributed by atoms with Gasteiger partial charge >= 0.3 is 0 Å². The smallest absolute Gasteiger partial charge is 0.231 e. The topological polar surface area (TPSA) is 54.5 Å². The summed E-state index contributed by atoms with van der Waals surface area (Å²) < 4.78 is 6.48. The van der Waals surface area contributed by atoms with Gasteiger partial charge in [0.1, 0.15) is 11.3 Å². The number of thiazole rings is 1. The normalized spacial score (nSPS) is 14.4. The number of aromatic nitrogens is 1. The molecule has 0 atom stereocenters. The number of fused-ring (bicyclic) bond motifs is 1. The first kappa shape index (κ1) is 17.8. The average Bonchev–Trinajstić information content (AvgIpc) is 3.04. The van der Waals surface area contributed by atoms with Gasteiger partial charge in [-0.05, 0) is 35.7 Å². The van der Waals surface area contributed by atoms with E-state index in [1.807, 2.05) is 30.3 Å². The van der Waals surface area contributed by atoms with Crippen LogP contribution in [0.5, 0.6) is 5.75 Å². The van der Waals surface area contributed by atoms with Crippen LogP contribution in [0.2, 0.25) is 0 Å². The Balaban J connectivity index is 1.38. The maximum absolute atomic E-state index is 12.5. The van der Waals surface area contributed by atoms with E-state index < -0.39 is 0 Å². The second-order valence-electron chi connectivity index (χ2n) is 7.17. The molecule has 1 fully saturated rings. The molecule has 1 amide bonds. The zero-order valence-electron chi connectivity index (χ0n) is 15.7. The fourth-order valence-electron chi connectivity index (χ4n) is 3.21. The molecule has 140 valence electrons. The molecule has 0 spiro atoms. The van der Waals surface area contributed by atoms with Crippen molar-refractivity contribution < 1.29 is 9.53 Å². The van der Waals surface area contributed by atoms with Gasteiger partial charge in [-0.15, -0.1) is 0 Å². The molecule has 1 aliphatic heterocycles. The summed E-state index contributed by atoms with van der Waals surface area (Å²) in [4.78, 5) is 19.3. The quantitative estimate of drug-likeness (QED) is 0.707. The van der Waals surface area contributed by atoms with Gasteiger partial charge in [0.2, 0.25) is 5.91 Å². The number of carbonyl (C=O) groups is 1. The van der Waals surface area contributed by atoms with Crippen molar-refractivity contribution in [3.05, 3.63) is 48.0 Å². The van der Waals surface area contributed by atoms with Crippen LogP contribution in [0.3, 0.4) is 0 Å². The van der Waals surface area contributed by atoms with Gasteiger partial charge in [-0.2, -0.15) is 0 Å². The Morgan fingerprint density at radius 3 is 2.63 bits per heavy atom. The zero-order valence-corrected chi connectivity index (χ0v) is 16.5. The lowest BCUT2D eigenvalue weighted by Crippen LogP contribution is -2.52. The summed E-state index contributed by atoms with van der Waals surface area (Å²) in [6.07, 6.45) is 0. The number of methoxy groups -OCH3 is 1. The minimum Gasteiger partial charge on any atom is -0.494 e. The Morgan fingerprint density at radius 2 is 1.96 bits per heavy atom. The summed E-state index contributed by atoms with van der Waals surface area (Å²) in [5.41, 5.74) is 3.01. The van der Waals surface area contributed by atoms with Gasteiger partial charge in [0.05, 0.1) is 17.7 Å². The van der Waals surface area contributed by atoms with E-state index in [4.69, 9.17) is 9.72 Å². The lowest BCUT2D eigenvalue weighted by Gasteiger charge is -2.37. The molecule has 1 aromatic heterocycles. The second kappa shape index (κ2) is 7.19. The minimum atomic E-state index is -0.0105. The maximum Gasteiger partial charge on any atom is 0.231 e. The third-order valence-electron chi connectivity index (χ3n) is 4.96. The molecule has 0 unspecified atom stereocenters. The van der Waals surface area contributed by atoms with Crippen LogP contribution in [0.25, 0.3) is 10.2 Å². The monoisotopic (exact) mass is 381 g/mol. The summed E-state index contributed by atoms with van der Waals surface area (Å²) in [6.45, 7) is 5.71. The number of nitrogens with one attached hydrogen (secondary N) is 1. The van der Waals surface area contributed by atoms with Gasteiger partial charge in [-0.3, -0.25) is 4.79 Å². The van der Waals surface area contributed by atoms with E-state index in [-0.39, 0.29) is 11.8 Å². The molecule has 0 radical (unpaired) electrons. The Labute approximate surface area is 163 Å². The van der Waals surface area contributed by atoms with E-state index in [2.05, 4.69) is 36.2 Å². The van der Waals surface area contributed by atoms with Crippen molar-refractivity contribution in [3.63, 3.8) is 0 Å². The molecule has 1 N–H and O–H groups in total. The number of para-hydroxylation sites is 1. The highest BCUT2D eigenvalue weighted by Crippen LogP contribution is 2.36. The van der Waals surface area contributed by atoms with Gasteiger partial charge in [0, 0.05) is 18.8 Å². The number of hydrogen-bond acceptors (Lipinski definition) is 5. The summed E-state index contributed by atoms with van der Waals surface area (Å²) in [5.74, 6) is 1.34. The van der Waals surface area contributed by atoms with E-state index in [0.29, 0.717) is 19.0 Å². The van der Waals surface area contributed by atoms with Gasteiger partial charge in [-0.1, -0.05) is 43.4 Å². The molecular formula is C21H23N3O2S. The number of rotatable bonds is 5. The van der Waals surface area contributed by atoms with Crippen molar-refractivity contribution in [2.45, 2.75) is 19.8 Å². The Bertz CT molecular complexity index is 959. The highest BCUT2D eigenvalue weighted by atomic mass is 32.1. The van der Waals surface area contributed by atoms with Gasteiger partial charge in [-0.25, -0.2) is 4.98 Å². The highest BCUT2D eigenvalue weighted by molar-refractivity contribution is 7.22. The number of ether oxygens (including phenoxy) is 1. The number of hydrogen-bond donors (Lipinski definition) is 1. The van der Waals surface area contributed by atoms with Crippen molar-refractivity contribution >= 4 is 38.3 Å². The zero-order chi connectivity index (χ0) is 19.0. The van der Waals surface area contributed by atoms with Crippen molar-refractivity contribution in [1.29, 1.82) is 0 Å². The highest BCUT2D eigenvalue weighted by Gasteiger charge is 2.34. The molecule has 2 aromatic carbocycles. The molecule has 5 nitrogen and oxygen atoms in total. The largest absolute Gasteiger partial charge is 0.494 e. The van der Waals surface area contributed by atoms with E-state index in [9.17, 15) is 4.79 Å². The number of nitrogens with zero attached hydrogens (tertiary/aromatic N) is 2. The molecule has 0 saturated carbocycles. The van der Waals surface area contributed by atoms with E-state index in [1.165, 1.54) is 5.56 Å². The number of anilines is 2. The van der Waals surface area contributed by atoms with Crippen LogP contribution in [0, 0.1) is 5.92 Å². The summed E-state index contributed by atoms with van der Waals surface area (Å²) >= 11 is 1.64. The average molecular weight is 382 g/mol. The first-order chi connectivity index (χ1) is 13.0. The number of carbonyl (C=O) groups excluding carboxylic acids is 1. The SMILES string of the molecule is COc1cccc2sc(N3CC(C(=O)Nc4ccc(C(C)C)cc4)C3)nc12. The van der Waals surface area contributed by atoms with Crippen LogP contribution in [-0.4, -0.2) is 31.1 Å². The molecule has 0 bridgehead atoms. The number of amides is 1. The fourth-order valence-corrected chi connectivity index (χ4v) is 4.21. The van der Waals surface area contributed by atoms with Crippen LogP contribution in [-0.2, 0) is 4.79 Å². The van der Waals surface area contributed by atoms with Crippen molar-refractivity contribution in [2.75, 3.05) is 30.4 Å². The predicted octanol–water partition coefficient (Wildman–Crippen LogP) is 4.50. The molecule has 4 rings (SSSR count). The molecule has 3 aromatic rings. The van der Waals surface area contributed by atoms with E-state index in [1.54, 1.807) is 18.4 Å². The predicted molar refractivity (Wildman–Crippen MR) is 111 cm³/mol. The summed E-state index contributed by atoms with van der Waals surface area (Å²) in [6, 6.07) is 14.0. The van der Waals surface area contributed by atoms with Crippen molar-refractivity contribution in [3.8, 4) is 5.75 Å². The lowest BCUT2D eigenvalue weighted by atomic mass is 9.99. The Kier molecular flexibility index (Phi) is 4.74. The molecule has 27 heavy (non-hydrogen) atoms. The van der Waals surface area contributed by atoms with E-state index in [0.717, 1.165) is 26.8 Å². The van der Waals surface area contributed by atoms with Gasteiger partial charge in [0.15, 0.2) is 5.13 Å². The van der Waals surface area contributed by atoms with Crippen molar-refractivity contribution in [2.24, 2.45) is 5.92 Å². The third kappa shape index (κ3) is 3.49. The van der Waals surface area contributed by atoms with Crippen LogP contribution in [0.4, 0.5) is 10.8 Å². The summed E-state index contributed by atoms with van der Waals surface area (Å²) in [5, 5.41) is 3.97. The summed E-state index contributed by atoms with van der Waals surface area (Å²) in [7, 11) is 1.66. The molecule has 1 aliphatic rings. The molecule has 1 saturated heterocycles.